The second-order valence-electron chi connectivity index (χ2n) is 7.19. The van der Waals surface area contributed by atoms with Gasteiger partial charge in [-0.25, -0.2) is 10.5 Å². The highest BCUT2D eigenvalue weighted by molar-refractivity contribution is 7.71. The summed E-state index contributed by atoms with van der Waals surface area (Å²) >= 11 is 4.95. The number of anilines is 3. The van der Waals surface area contributed by atoms with Crippen LogP contribution in [0.4, 0.5) is 17.3 Å². The summed E-state index contributed by atoms with van der Waals surface area (Å²) in [4.78, 5) is 14.8. The molecule has 0 aliphatic carbocycles. The van der Waals surface area contributed by atoms with Crippen molar-refractivity contribution in [2.24, 2.45) is 5.10 Å². The number of nitrogens with zero attached hydrogens (tertiary/aromatic N) is 4. The van der Waals surface area contributed by atoms with Gasteiger partial charge in [0.1, 0.15) is 0 Å². The fourth-order valence-corrected chi connectivity index (χ4v) is 3.36. The number of H-pyrrole nitrogens is 1. The summed E-state index contributed by atoms with van der Waals surface area (Å²) in [6.07, 6.45) is 1.56. The highest BCUT2D eigenvalue weighted by Crippen LogP contribution is 2.29. The fourth-order valence-electron chi connectivity index (χ4n) is 3.23. The zero-order valence-corrected chi connectivity index (χ0v) is 19.6. The van der Waals surface area contributed by atoms with E-state index in [9.17, 15) is 4.79 Å². The van der Waals surface area contributed by atoms with Crippen LogP contribution in [-0.2, 0) is 4.79 Å². The Balaban J connectivity index is 1.46. The lowest BCUT2D eigenvalue weighted by Crippen LogP contribution is -2.30. The summed E-state index contributed by atoms with van der Waals surface area (Å²) in [5, 5.41) is 10.6. The minimum absolute atomic E-state index is 0.186. The molecule has 4 rings (SSSR count). The fraction of sp³-hybridized carbons (Fsp3) is 0.0833. The number of aromatic nitrogens is 3. The van der Waals surface area contributed by atoms with E-state index in [1.165, 1.54) is 7.11 Å². The van der Waals surface area contributed by atoms with Crippen LogP contribution >= 0.6 is 12.2 Å². The van der Waals surface area contributed by atoms with Crippen molar-refractivity contribution in [2.75, 3.05) is 29.9 Å². The third-order valence-corrected chi connectivity index (χ3v) is 5.19. The molecule has 1 heterocycles. The quantitative estimate of drug-likeness (QED) is 0.141. The van der Waals surface area contributed by atoms with Crippen molar-refractivity contribution in [3.05, 3.63) is 89.2 Å². The maximum atomic E-state index is 13.2. The number of carbonyl (C=O) groups is 1. The normalized spacial score (nSPS) is 10.8. The van der Waals surface area contributed by atoms with Crippen LogP contribution in [0, 0.1) is 4.77 Å². The molecule has 0 saturated carbocycles. The maximum absolute atomic E-state index is 13.2. The van der Waals surface area contributed by atoms with Gasteiger partial charge in [0, 0.05) is 11.4 Å². The van der Waals surface area contributed by atoms with Crippen molar-refractivity contribution in [1.29, 1.82) is 0 Å². The second kappa shape index (κ2) is 11.0. The van der Waals surface area contributed by atoms with Gasteiger partial charge < -0.3 is 15.3 Å². The average molecular weight is 490 g/mol. The Morgan fingerprint density at radius 1 is 1.11 bits per heavy atom. The van der Waals surface area contributed by atoms with E-state index in [0.29, 0.717) is 11.5 Å². The lowest BCUT2D eigenvalue weighted by Gasteiger charge is -2.23. The minimum Gasteiger partial charge on any atom is -0.493 e. The third kappa shape index (κ3) is 5.65. The topological polar surface area (TPSA) is 123 Å². The summed E-state index contributed by atoms with van der Waals surface area (Å²) in [6, 6.07) is 24.0. The Bertz CT molecular complexity index is 1330. The van der Waals surface area contributed by atoms with Gasteiger partial charge in [0.15, 0.2) is 18.1 Å². The van der Waals surface area contributed by atoms with E-state index in [1.807, 2.05) is 60.7 Å². The number of ether oxygens (including phenoxy) is 2. The second-order valence-corrected chi connectivity index (χ2v) is 7.58. The first-order valence-electron chi connectivity index (χ1n) is 10.5. The van der Waals surface area contributed by atoms with E-state index in [2.05, 4.69) is 20.7 Å². The number of nitrogen functional groups attached to an aromatic ring is 1. The Hall–Kier alpha value is -4.64. The van der Waals surface area contributed by atoms with Crippen LogP contribution in [0.3, 0.4) is 0 Å². The SMILES string of the molecule is COc1cc(C=NNc2n[nH]c(=S)n2N)ccc1OCC(=O)N(c1ccccc1)c1ccccc1. The van der Waals surface area contributed by atoms with Gasteiger partial charge in [-0.15, -0.1) is 5.10 Å². The van der Waals surface area contributed by atoms with E-state index >= 15 is 0 Å². The summed E-state index contributed by atoms with van der Waals surface area (Å²) in [5.74, 6) is 6.63. The smallest absolute Gasteiger partial charge is 0.269 e. The molecule has 0 radical (unpaired) electrons. The summed E-state index contributed by atoms with van der Waals surface area (Å²) in [7, 11) is 1.52. The first kappa shape index (κ1) is 23.5. The third-order valence-electron chi connectivity index (χ3n) is 4.90. The van der Waals surface area contributed by atoms with E-state index in [-0.39, 0.29) is 23.2 Å². The molecule has 0 spiro atoms. The maximum Gasteiger partial charge on any atom is 0.269 e. The lowest BCUT2D eigenvalue weighted by atomic mass is 10.2. The van der Waals surface area contributed by atoms with Gasteiger partial charge in [-0.1, -0.05) is 36.4 Å². The molecule has 178 valence electrons. The van der Waals surface area contributed by atoms with Crippen molar-refractivity contribution in [1.82, 2.24) is 14.9 Å². The number of hydrogen-bond donors (Lipinski definition) is 3. The van der Waals surface area contributed by atoms with Gasteiger partial charge in [-0.05, 0) is 60.2 Å². The van der Waals surface area contributed by atoms with E-state index in [1.54, 1.807) is 29.3 Å². The highest BCUT2D eigenvalue weighted by atomic mass is 32.1. The molecule has 1 amide bonds. The molecular formula is C24H23N7O3S. The number of amides is 1. The Labute approximate surface area is 206 Å². The number of nitrogens with one attached hydrogen (secondary N) is 2. The van der Waals surface area contributed by atoms with E-state index in [0.717, 1.165) is 21.6 Å². The number of methoxy groups -OCH3 is 1. The van der Waals surface area contributed by atoms with Crippen LogP contribution in [-0.4, -0.2) is 40.7 Å². The van der Waals surface area contributed by atoms with Gasteiger partial charge in [0.25, 0.3) is 11.9 Å². The van der Waals surface area contributed by atoms with E-state index < -0.39 is 0 Å². The minimum atomic E-state index is -0.227. The Kier molecular flexibility index (Phi) is 7.38. The molecule has 0 bridgehead atoms. The number of aromatic amines is 1. The number of hydrazone groups is 1. The number of para-hydroxylation sites is 2. The number of rotatable bonds is 9. The molecule has 0 aliphatic rings. The van der Waals surface area contributed by atoms with Crippen LogP contribution in [0.2, 0.25) is 0 Å². The molecule has 10 nitrogen and oxygen atoms in total. The number of nitrogens with two attached hydrogens (primary N) is 1. The largest absolute Gasteiger partial charge is 0.493 e. The molecule has 4 N–H and O–H groups in total. The standard InChI is InChI=1S/C24H23N7O3S/c1-33-21-14-17(15-26-27-23-28-29-24(35)31(23)25)12-13-20(21)34-16-22(32)30(18-8-4-2-5-9-18)19-10-6-3-7-11-19/h2-15H,16,25H2,1H3,(H,27,28)(H,29,35). The molecule has 1 aromatic heterocycles. The highest BCUT2D eigenvalue weighted by Gasteiger charge is 2.19. The van der Waals surface area contributed by atoms with Gasteiger partial charge in [0.05, 0.1) is 13.3 Å². The predicted molar refractivity (Wildman–Crippen MR) is 137 cm³/mol. The van der Waals surface area contributed by atoms with Crippen molar-refractivity contribution < 1.29 is 14.3 Å². The molecule has 35 heavy (non-hydrogen) atoms. The summed E-state index contributed by atoms with van der Waals surface area (Å²) in [6.45, 7) is -0.186. The molecule has 11 heteroatoms. The van der Waals surface area contributed by atoms with Gasteiger partial charge in [-0.3, -0.25) is 9.69 Å². The molecule has 0 unspecified atom stereocenters. The molecule has 0 saturated heterocycles. The Morgan fingerprint density at radius 2 is 1.77 bits per heavy atom. The van der Waals surface area contributed by atoms with Crippen LogP contribution in [0.1, 0.15) is 5.56 Å². The molecular weight excluding hydrogens is 466 g/mol. The van der Waals surface area contributed by atoms with Crippen molar-refractivity contribution in [2.45, 2.75) is 0 Å². The predicted octanol–water partition coefficient (Wildman–Crippen LogP) is 3.85. The zero-order chi connectivity index (χ0) is 24.6. The van der Waals surface area contributed by atoms with E-state index in [4.69, 9.17) is 27.5 Å². The molecule has 3 aromatic carbocycles. The van der Waals surface area contributed by atoms with Crippen LogP contribution in [0.5, 0.6) is 11.5 Å². The van der Waals surface area contributed by atoms with Crippen LogP contribution in [0.15, 0.2) is 84.0 Å². The number of carbonyl (C=O) groups excluding carboxylic acids is 1. The van der Waals surface area contributed by atoms with Crippen LogP contribution in [0.25, 0.3) is 0 Å². The lowest BCUT2D eigenvalue weighted by molar-refractivity contribution is -0.119. The van der Waals surface area contributed by atoms with Crippen LogP contribution < -0.4 is 25.6 Å². The zero-order valence-electron chi connectivity index (χ0n) is 18.8. The summed E-state index contributed by atoms with van der Waals surface area (Å²) in [5.41, 5.74) is 4.91. The van der Waals surface area contributed by atoms with Crippen molar-refractivity contribution in [3.63, 3.8) is 0 Å². The molecule has 0 fully saturated rings. The average Bonchev–Trinajstić information content (AvgIpc) is 3.21. The van der Waals surface area contributed by atoms with Gasteiger partial charge in [0.2, 0.25) is 4.77 Å². The molecule has 4 aromatic rings. The Morgan fingerprint density at radius 3 is 2.34 bits per heavy atom. The molecule has 0 atom stereocenters. The molecule has 0 aliphatic heterocycles. The summed E-state index contributed by atoms with van der Waals surface area (Å²) < 4.78 is 12.7. The number of benzene rings is 3. The van der Waals surface area contributed by atoms with Gasteiger partial charge in [-0.2, -0.15) is 9.78 Å². The first-order chi connectivity index (χ1) is 17.1. The van der Waals surface area contributed by atoms with Gasteiger partial charge >= 0.3 is 0 Å². The van der Waals surface area contributed by atoms with Crippen molar-refractivity contribution in [3.8, 4) is 11.5 Å². The number of hydrogen-bond acceptors (Lipinski definition) is 8. The first-order valence-corrected chi connectivity index (χ1v) is 10.9. The van der Waals surface area contributed by atoms with Crippen molar-refractivity contribution >= 4 is 41.7 Å². The monoisotopic (exact) mass is 489 g/mol.